The van der Waals surface area contributed by atoms with Crippen LogP contribution < -0.4 is 10.1 Å². The van der Waals surface area contributed by atoms with Gasteiger partial charge in [0.25, 0.3) is 0 Å². The topological polar surface area (TPSA) is 71.1 Å². The summed E-state index contributed by atoms with van der Waals surface area (Å²) >= 11 is 14.9. The Kier molecular flexibility index (Phi) is 6.92. The van der Waals surface area contributed by atoms with Crippen LogP contribution in [-0.4, -0.2) is 21.9 Å². The third-order valence-corrected chi connectivity index (χ3v) is 5.84. The molecule has 0 atom stereocenters. The number of ether oxygens (including phenoxy) is 1. The molecule has 0 spiro atoms. The standard InChI is InChI=1S/C23H17BrClFN4O2S/c1-32-20-9-7-16(11-18(20)25)27-23(33)29-28-21-17-10-14(24)4-8-19(17)30(22(21)31)12-13-2-5-15(26)6-3-13/h2-11,31H,12H2,1H3,(H,27,33). The van der Waals surface area contributed by atoms with Crippen LogP contribution in [0.15, 0.2) is 75.4 Å². The number of rotatable bonds is 5. The van der Waals surface area contributed by atoms with Crippen molar-refractivity contribution in [1.82, 2.24) is 4.57 Å². The molecule has 3 aromatic carbocycles. The van der Waals surface area contributed by atoms with E-state index in [1.807, 2.05) is 18.2 Å². The summed E-state index contributed by atoms with van der Waals surface area (Å²) in [5, 5.41) is 23.4. The van der Waals surface area contributed by atoms with Crippen molar-refractivity contribution in [1.29, 1.82) is 0 Å². The van der Waals surface area contributed by atoms with Gasteiger partial charge in [0.1, 0.15) is 11.6 Å². The lowest BCUT2D eigenvalue weighted by Crippen LogP contribution is -2.04. The highest BCUT2D eigenvalue weighted by Gasteiger charge is 2.17. The smallest absolute Gasteiger partial charge is 0.221 e. The maximum absolute atomic E-state index is 13.3. The van der Waals surface area contributed by atoms with E-state index in [9.17, 15) is 9.50 Å². The summed E-state index contributed by atoms with van der Waals surface area (Å²) in [5.74, 6) is 0.142. The lowest BCUT2D eigenvalue weighted by Gasteiger charge is -2.07. The second-order valence-corrected chi connectivity index (χ2v) is 8.74. The number of nitrogens with one attached hydrogen (secondary N) is 1. The number of thiocarbonyl (C=S) groups is 1. The minimum atomic E-state index is -0.321. The Hall–Kier alpha value is -3.01. The number of aromatic nitrogens is 1. The van der Waals surface area contributed by atoms with Gasteiger partial charge < -0.3 is 19.7 Å². The second kappa shape index (κ2) is 9.86. The summed E-state index contributed by atoms with van der Waals surface area (Å²) in [6.45, 7) is 0.326. The Balaban J connectivity index is 1.64. The number of halogens is 3. The molecule has 0 aliphatic heterocycles. The van der Waals surface area contributed by atoms with E-state index < -0.39 is 0 Å². The Bertz CT molecular complexity index is 1380. The fourth-order valence-electron chi connectivity index (χ4n) is 3.31. The molecule has 0 amide bonds. The van der Waals surface area contributed by atoms with Crippen LogP contribution in [0.3, 0.4) is 0 Å². The van der Waals surface area contributed by atoms with Crippen molar-refractivity contribution in [3.63, 3.8) is 0 Å². The van der Waals surface area contributed by atoms with E-state index in [0.29, 0.717) is 28.4 Å². The lowest BCUT2D eigenvalue weighted by atomic mass is 10.2. The molecule has 10 heteroatoms. The third kappa shape index (κ3) is 5.16. The van der Waals surface area contributed by atoms with Crippen LogP contribution in [0, 0.1) is 5.82 Å². The first kappa shape index (κ1) is 23.2. The molecular formula is C23H17BrClFN4O2S. The van der Waals surface area contributed by atoms with Crippen molar-refractivity contribution in [2.24, 2.45) is 10.2 Å². The number of hydrogen-bond acceptors (Lipinski definition) is 4. The molecule has 0 radical (unpaired) electrons. The van der Waals surface area contributed by atoms with Crippen molar-refractivity contribution in [2.45, 2.75) is 6.54 Å². The largest absolute Gasteiger partial charge is 0.495 e. The van der Waals surface area contributed by atoms with Crippen LogP contribution in [0.25, 0.3) is 10.9 Å². The molecule has 1 heterocycles. The van der Waals surface area contributed by atoms with Crippen LogP contribution in [-0.2, 0) is 6.54 Å². The predicted octanol–water partition coefficient (Wildman–Crippen LogP) is 7.44. The number of fused-ring (bicyclic) bond motifs is 1. The van der Waals surface area contributed by atoms with E-state index in [4.69, 9.17) is 28.6 Å². The van der Waals surface area contributed by atoms with Crippen molar-refractivity contribution >= 4 is 67.1 Å². The molecule has 168 valence electrons. The Morgan fingerprint density at radius 1 is 1.18 bits per heavy atom. The van der Waals surface area contributed by atoms with Gasteiger partial charge in [-0.25, -0.2) is 4.39 Å². The predicted molar refractivity (Wildman–Crippen MR) is 136 cm³/mol. The van der Waals surface area contributed by atoms with Crippen molar-refractivity contribution in [3.8, 4) is 11.6 Å². The van der Waals surface area contributed by atoms with Crippen LogP contribution >= 0.6 is 39.7 Å². The molecule has 2 N–H and O–H groups in total. The highest BCUT2D eigenvalue weighted by Crippen LogP contribution is 2.40. The maximum Gasteiger partial charge on any atom is 0.221 e. The first-order chi connectivity index (χ1) is 15.9. The number of methoxy groups -OCH3 is 1. The molecule has 0 fully saturated rings. The van der Waals surface area contributed by atoms with Crippen molar-refractivity contribution in [2.75, 3.05) is 12.4 Å². The maximum atomic E-state index is 13.3. The minimum Gasteiger partial charge on any atom is -0.495 e. The summed E-state index contributed by atoms with van der Waals surface area (Å²) in [6, 6.07) is 16.8. The number of aromatic hydroxyl groups is 1. The quantitative estimate of drug-likeness (QED) is 0.201. The normalized spacial score (nSPS) is 11.3. The first-order valence-electron chi connectivity index (χ1n) is 9.67. The zero-order valence-corrected chi connectivity index (χ0v) is 20.4. The van der Waals surface area contributed by atoms with Gasteiger partial charge in [-0.05, 0) is 66.3 Å². The van der Waals surface area contributed by atoms with E-state index in [2.05, 4.69) is 31.5 Å². The molecule has 4 rings (SSSR count). The van der Waals surface area contributed by atoms with Crippen LogP contribution in [0.1, 0.15) is 5.56 Å². The fourth-order valence-corrected chi connectivity index (χ4v) is 4.09. The third-order valence-electron chi connectivity index (χ3n) is 4.87. The average molecular weight is 548 g/mol. The summed E-state index contributed by atoms with van der Waals surface area (Å²) in [4.78, 5) is 0. The second-order valence-electron chi connectivity index (χ2n) is 7.03. The Morgan fingerprint density at radius 3 is 2.64 bits per heavy atom. The van der Waals surface area contributed by atoms with Crippen LogP contribution in [0.4, 0.5) is 15.8 Å². The molecule has 4 aromatic rings. The van der Waals surface area contributed by atoms with E-state index >= 15 is 0 Å². The molecule has 33 heavy (non-hydrogen) atoms. The Morgan fingerprint density at radius 2 is 1.94 bits per heavy atom. The monoisotopic (exact) mass is 546 g/mol. The molecular weight excluding hydrogens is 531 g/mol. The summed E-state index contributed by atoms with van der Waals surface area (Å²) < 4.78 is 20.9. The molecule has 1 aromatic heterocycles. The molecule has 0 aliphatic carbocycles. The minimum absolute atomic E-state index is 0.0773. The first-order valence-corrected chi connectivity index (χ1v) is 11.2. The van der Waals surface area contributed by atoms with Gasteiger partial charge in [0, 0.05) is 15.5 Å². The fraction of sp³-hybridized carbons (Fsp3) is 0.0870. The van der Waals surface area contributed by atoms with Gasteiger partial charge in [-0.3, -0.25) is 0 Å². The van der Waals surface area contributed by atoms with E-state index in [-0.39, 0.29) is 22.5 Å². The zero-order valence-electron chi connectivity index (χ0n) is 17.2. The van der Waals surface area contributed by atoms with E-state index in [1.165, 1.54) is 19.2 Å². The SMILES string of the molecule is COc1ccc(NC(=S)N=Nc2c(O)n(Cc3ccc(F)cc3)c3ccc(Br)cc23)cc1Cl. The van der Waals surface area contributed by atoms with Gasteiger partial charge in [-0.1, -0.05) is 39.7 Å². The van der Waals surface area contributed by atoms with Crippen molar-refractivity contribution in [3.05, 3.63) is 81.5 Å². The molecule has 0 bridgehead atoms. The molecule has 6 nitrogen and oxygen atoms in total. The summed E-state index contributed by atoms with van der Waals surface area (Å²) in [5.41, 5.74) is 2.46. The van der Waals surface area contributed by atoms with Gasteiger partial charge in [-0.2, -0.15) is 0 Å². The highest BCUT2D eigenvalue weighted by atomic mass is 79.9. The zero-order chi connectivity index (χ0) is 23.5. The van der Waals surface area contributed by atoms with Gasteiger partial charge in [0.05, 0.1) is 24.2 Å². The number of benzene rings is 3. The van der Waals surface area contributed by atoms with Gasteiger partial charge >= 0.3 is 0 Å². The molecule has 0 saturated heterocycles. The van der Waals surface area contributed by atoms with Crippen LogP contribution in [0.2, 0.25) is 5.02 Å². The van der Waals surface area contributed by atoms with Crippen molar-refractivity contribution < 1.29 is 14.2 Å². The number of nitrogens with zero attached hydrogens (tertiary/aromatic N) is 3. The number of hydrogen-bond donors (Lipinski definition) is 2. The number of azo groups is 1. The van der Waals surface area contributed by atoms with Gasteiger partial charge in [0.2, 0.25) is 11.0 Å². The highest BCUT2D eigenvalue weighted by molar-refractivity contribution is 9.10. The summed E-state index contributed by atoms with van der Waals surface area (Å²) in [7, 11) is 1.53. The van der Waals surface area contributed by atoms with E-state index in [1.54, 1.807) is 34.9 Å². The van der Waals surface area contributed by atoms with Gasteiger partial charge in [0.15, 0.2) is 5.69 Å². The lowest BCUT2D eigenvalue weighted by molar-refractivity contribution is 0.415. The summed E-state index contributed by atoms with van der Waals surface area (Å²) in [6.07, 6.45) is 0. The van der Waals surface area contributed by atoms with E-state index in [0.717, 1.165) is 15.6 Å². The molecule has 0 unspecified atom stereocenters. The van der Waals surface area contributed by atoms with Crippen LogP contribution in [0.5, 0.6) is 11.6 Å². The Labute approximate surface area is 207 Å². The average Bonchev–Trinajstić information content (AvgIpc) is 3.04. The molecule has 0 aliphatic rings. The number of anilines is 1. The van der Waals surface area contributed by atoms with Gasteiger partial charge in [-0.15, -0.1) is 10.2 Å². The molecule has 0 saturated carbocycles.